The van der Waals surface area contributed by atoms with E-state index >= 15 is 0 Å². The number of aliphatic imine (C=N–C) groups is 1. The normalized spacial score (nSPS) is 20.9. The first kappa shape index (κ1) is 20.8. The minimum Gasteiger partial charge on any atom is -0.354 e. The summed E-state index contributed by atoms with van der Waals surface area (Å²) in [5, 5.41) is 15.8. The summed E-state index contributed by atoms with van der Waals surface area (Å²) in [4.78, 5) is 4.32. The third kappa shape index (κ3) is 6.31. The third-order valence-corrected chi connectivity index (χ3v) is 4.80. The summed E-state index contributed by atoms with van der Waals surface area (Å²) in [5.41, 5.74) is 1.79. The van der Waals surface area contributed by atoms with Crippen LogP contribution in [0.5, 0.6) is 0 Å². The van der Waals surface area contributed by atoms with Crippen LogP contribution in [0.1, 0.15) is 50.7 Å². The van der Waals surface area contributed by atoms with E-state index in [9.17, 15) is 0 Å². The number of nitrogens with one attached hydrogen (secondary N) is 2. The van der Waals surface area contributed by atoms with Crippen molar-refractivity contribution in [2.75, 3.05) is 7.05 Å². The van der Waals surface area contributed by atoms with E-state index in [0.717, 1.165) is 23.4 Å². The number of hydrogen-bond donors (Lipinski definition) is 2. The zero-order valence-electron chi connectivity index (χ0n) is 14.9. The molecule has 0 unspecified atom stereocenters. The van der Waals surface area contributed by atoms with Gasteiger partial charge in [0.1, 0.15) is 0 Å². The highest BCUT2D eigenvalue weighted by atomic mass is 127. The number of rotatable bonds is 4. The molecule has 24 heavy (non-hydrogen) atoms. The van der Waals surface area contributed by atoms with Gasteiger partial charge < -0.3 is 10.6 Å². The number of hydrogen-bond acceptors (Lipinski definition) is 2. The first-order valence-corrected chi connectivity index (χ1v) is 8.58. The third-order valence-electron chi connectivity index (χ3n) is 4.80. The summed E-state index contributed by atoms with van der Waals surface area (Å²) in [7, 11) is 1.81. The van der Waals surface area contributed by atoms with Crippen LogP contribution in [0, 0.1) is 23.2 Å². The number of guanidine groups is 1. The fourth-order valence-electron chi connectivity index (χ4n) is 3.25. The van der Waals surface area contributed by atoms with Crippen LogP contribution < -0.4 is 10.6 Å². The Kier molecular flexibility index (Phi) is 9.12. The fraction of sp³-hybridized carbons (Fsp3) is 0.579. The average Bonchev–Trinajstić information content (AvgIpc) is 2.59. The summed E-state index contributed by atoms with van der Waals surface area (Å²) in [5.74, 6) is 2.51. The van der Waals surface area contributed by atoms with Crippen molar-refractivity contribution in [1.82, 2.24) is 10.6 Å². The van der Waals surface area contributed by atoms with Gasteiger partial charge in [-0.3, -0.25) is 4.99 Å². The quantitative estimate of drug-likeness (QED) is 0.422. The molecule has 0 aliphatic heterocycles. The minimum absolute atomic E-state index is 0. The van der Waals surface area contributed by atoms with Crippen LogP contribution in [-0.2, 0) is 6.54 Å². The molecule has 1 aliphatic rings. The van der Waals surface area contributed by atoms with Gasteiger partial charge >= 0.3 is 0 Å². The van der Waals surface area contributed by atoms with Crippen molar-refractivity contribution in [3.8, 4) is 6.07 Å². The highest BCUT2D eigenvalue weighted by Crippen LogP contribution is 2.29. The molecular formula is C19H29IN4. The minimum atomic E-state index is 0. The van der Waals surface area contributed by atoms with Gasteiger partial charge in [0.15, 0.2) is 5.96 Å². The monoisotopic (exact) mass is 440 g/mol. The van der Waals surface area contributed by atoms with E-state index in [1.165, 1.54) is 25.7 Å². The Hall–Kier alpha value is -1.29. The van der Waals surface area contributed by atoms with E-state index in [4.69, 9.17) is 5.26 Å². The fourth-order valence-corrected chi connectivity index (χ4v) is 3.25. The van der Waals surface area contributed by atoms with Crippen LogP contribution in [-0.4, -0.2) is 19.0 Å². The molecule has 132 valence electrons. The van der Waals surface area contributed by atoms with E-state index < -0.39 is 0 Å². The first-order chi connectivity index (χ1) is 11.1. The number of nitriles is 1. The van der Waals surface area contributed by atoms with Gasteiger partial charge in [-0.25, -0.2) is 0 Å². The zero-order chi connectivity index (χ0) is 16.7. The topological polar surface area (TPSA) is 60.2 Å². The maximum Gasteiger partial charge on any atom is 0.191 e. The number of halogens is 1. The summed E-state index contributed by atoms with van der Waals surface area (Å²) >= 11 is 0. The Morgan fingerprint density at radius 2 is 2.00 bits per heavy atom. The molecular weight excluding hydrogens is 411 g/mol. The van der Waals surface area contributed by atoms with Gasteiger partial charge in [-0.2, -0.15) is 5.26 Å². The van der Waals surface area contributed by atoms with E-state index in [2.05, 4.69) is 35.5 Å². The lowest BCUT2D eigenvalue weighted by Crippen LogP contribution is -2.44. The molecule has 0 heterocycles. The molecule has 0 spiro atoms. The van der Waals surface area contributed by atoms with Gasteiger partial charge in [0.2, 0.25) is 0 Å². The van der Waals surface area contributed by atoms with Crippen LogP contribution in [0.2, 0.25) is 0 Å². The van der Waals surface area contributed by atoms with E-state index in [1.54, 1.807) is 7.05 Å². The van der Waals surface area contributed by atoms with Crippen molar-refractivity contribution < 1.29 is 0 Å². The lowest BCUT2D eigenvalue weighted by atomic mass is 9.80. The molecule has 2 N–H and O–H groups in total. The molecule has 1 fully saturated rings. The molecule has 0 atom stereocenters. The first-order valence-electron chi connectivity index (χ1n) is 8.58. The van der Waals surface area contributed by atoms with Gasteiger partial charge in [-0.05, 0) is 55.2 Å². The standard InChI is InChI=1S/C19H28N4.HI/c1-14(2)17-7-9-18(10-8-17)23-19(21-3)22-13-16-6-4-5-15(11-16)12-20;/h4-6,11,14,17-18H,7-10,13H2,1-3H3,(H2,21,22,23);1H. The van der Waals surface area contributed by atoms with Crippen molar-refractivity contribution in [3.63, 3.8) is 0 Å². The highest BCUT2D eigenvalue weighted by Gasteiger charge is 2.23. The summed E-state index contributed by atoms with van der Waals surface area (Å²) in [6.07, 6.45) is 5.04. The summed E-state index contributed by atoms with van der Waals surface area (Å²) in [6, 6.07) is 10.4. The number of benzene rings is 1. The second kappa shape index (κ2) is 10.5. The Labute approximate surface area is 163 Å². The second-order valence-electron chi connectivity index (χ2n) is 6.74. The second-order valence-corrected chi connectivity index (χ2v) is 6.74. The van der Waals surface area contributed by atoms with Crippen LogP contribution in [0.25, 0.3) is 0 Å². The molecule has 0 saturated heterocycles. The van der Waals surface area contributed by atoms with Crippen LogP contribution >= 0.6 is 24.0 Å². The maximum absolute atomic E-state index is 8.96. The van der Waals surface area contributed by atoms with Crippen molar-refractivity contribution >= 4 is 29.9 Å². The molecule has 0 aromatic heterocycles. The Morgan fingerprint density at radius 3 is 2.58 bits per heavy atom. The maximum atomic E-state index is 8.96. The van der Waals surface area contributed by atoms with Crippen LogP contribution in [0.3, 0.4) is 0 Å². The molecule has 0 bridgehead atoms. The zero-order valence-corrected chi connectivity index (χ0v) is 17.2. The molecule has 1 aromatic carbocycles. The Bertz CT molecular complexity index is 569. The predicted octanol–water partition coefficient (Wildman–Crippen LogP) is 4.06. The van der Waals surface area contributed by atoms with Gasteiger partial charge in [0, 0.05) is 19.6 Å². The van der Waals surface area contributed by atoms with E-state index in [1.807, 2.05) is 24.3 Å². The van der Waals surface area contributed by atoms with Crippen LogP contribution in [0.15, 0.2) is 29.3 Å². The molecule has 2 rings (SSSR count). The van der Waals surface area contributed by atoms with Crippen molar-refractivity contribution in [2.24, 2.45) is 16.8 Å². The van der Waals surface area contributed by atoms with Gasteiger partial charge in [0.05, 0.1) is 11.6 Å². The molecule has 4 nitrogen and oxygen atoms in total. The van der Waals surface area contributed by atoms with E-state index in [0.29, 0.717) is 18.2 Å². The lowest BCUT2D eigenvalue weighted by molar-refractivity contribution is 0.250. The number of nitrogens with zero attached hydrogens (tertiary/aromatic N) is 2. The van der Waals surface area contributed by atoms with Gasteiger partial charge in [0.25, 0.3) is 0 Å². The molecule has 5 heteroatoms. The Balaban J connectivity index is 0.00000288. The molecule has 1 aromatic rings. The molecule has 1 saturated carbocycles. The molecule has 0 amide bonds. The largest absolute Gasteiger partial charge is 0.354 e. The summed E-state index contributed by atoms with van der Waals surface area (Å²) in [6.45, 7) is 5.33. The van der Waals surface area contributed by atoms with Gasteiger partial charge in [-0.1, -0.05) is 26.0 Å². The van der Waals surface area contributed by atoms with Crippen molar-refractivity contribution in [3.05, 3.63) is 35.4 Å². The van der Waals surface area contributed by atoms with Crippen LogP contribution in [0.4, 0.5) is 0 Å². The van der Waals surface area contributed by atoms with E-state index in [-0.39, 0.29) is 24.0 Å². The SMILES string of the molecule is CN=C(NCc1cccc(C#N)c1)NC1CCC(C(C)C)CC1.I. The smallest absolute Gasteiger partial charge is 0.191 e. The Morgan fingerprint density at radius 1 is 1.29 bits per heavy atom. The average molecular weight is 440 g/mol. The molecule has 0 radical (unpaired) electrons. The van der Waals surface area contributed by atoms with Gasteiger partial charge in [-0.15, -0.1) is 24.0 Å². The van der Waals surface area contributed by atoms with Crippen molar-refractivity contribution in [1.29, 1.82) is 5.26 Å². The lowest BCUT2D eigenvalue weighted by Gasteiger charge is -2.32. The highest BCUT2D eigenvalue weighted by molar-refractivity contribution is 14.0. The molecule has 1 aliphatic carbocycles. The summed E-state index contributed by atoms with van der Waals surface area (Å²) < 4.78 is 0. The van der Waals surface area contributed by atoms with Crippen molar-refractivity contribution in [2.45, 2.75) is 52.1 Å². The predicted molar refractivity (Wildman–Crippen MR) is 110 cm³/mol.